The first-order valence-corrected chi connectivity index (χ1v) is 8.14. The van der Waals surface area contributed by atoms with Crippen LogP contribution in [0.3, 0.4) is 0 Å². The lowest BCUT2D eigenvalue weighted by molar-refractivity contribution is 0.0639. The average Bonchev–Trinajstić information content (AvgIpc) is 3.38. The summed E-state index contributed by atoms with van der Waals surface area (Å²) in [7, 11) is 1.91. The second kappa shape index (κ2) is 6.50. The SMILES string of the molecule is [C-]#[N+]c1ccc(C(=O)N(C)C2CCN(CC3CC3)CC2)cc1. The quantitative estimate of drug-likeness (QED) is 0.798. The number of carbonyl (C=O) groups is 1. The highest BCUT2D eigenvalue weighted by Crippen LogP contribution is 2.31. The first-order valence-electron chi connectivity index (χ1n) is 8.14. The highest BCUT2D eigenvalue weighted by molar-refractivity contribution is 5.94. The van der Waals surface area contributed by atoms with E-state index in [-0.39, 0.29) is 5.91 Å². The van der Waals surface area contributed by atoms with Crippen LogP contribution in [0.1, 0.15) is 36.0 Å². The maximum atomic E-state index is 12.5. The molecule has 0 unspecified atom stereocenters. The molecule has 0 radical (unpaired) electrons. The molecule has 2 aliphatic rings. The van der Waals surface area contributed by atoms with Gasteiger partial charge in [-0.1, -0.05) is 24.3 Å². The maximum absolute atomic E-state index is 12.5. The molecule has 1 saturated carbocycles. The molecule has 1 amide bonds. The number of amides is 1. The van der Waals surface area contributed by atoms with Crippen molar-refractivity contribution in [3.8, 4) is 0 Å². The van der Waals surface area contributed by atoms with Crippen molar-refractivity contribution in [2.75, 3.05) is 26.7 Å². The summed E-state index contributed by atoms with van der Waals surface area (Å²) in [5.41, 5.74) is 1.25. The molecule has 1 saturated heterocycles. The van der Waals surface area contributed by atoms with Gasteiger partial charge in [-0.3, -0.25) is 4.79 Å². The van der Waals surface area contributed by atoms with Gasteiger partial charge in [0.1, 0.15) is 0 Å². The molecular weight excluding hydrogens is 274 g/mol. The first kappa shape index (κ1) is 15.1. The second-order valence-corrected chi connectivity index (χ2v) is 6.55. The third kappa shape index (κ3) is 3.48. The van der Waals surface area contributed by atoms with Gasteiger partial charge in [-0.15, -0.1) is 0 Å². The largest absolute Gasteiger partial charge is 0.339 e. The number of hydrogen-bond donors (Lipinski definition) is 0. The van der Waals surface area contributed by atoms with E-state index in [1.54, 1.807) is 24.3 Å². The third-order valence-corrected chi connectivity index (χ3v) is 4.88. The Labute approximate surface area is 132 Å². The molecule has 1 aromatic rings. The van der Waals surface area contributed by atoms with Gasteiger partial charge < -0.3 is 9.80 Å². The molecule has 1 aromatic carbocycles. The zero-order chi connectivity index (χ0) is 15.5. The van der Waals surface area contributed by atoms with Crippen LogP contribution in [0, 0.1) is 12.5 Å². The van der Waals surface area contributed by atoms with Crippen molar-refractivity contribution >= 4 is 11.6 Å². The van der Waals surface area contributed by atoms with E-state index in [9.17, 15) is 4.79 Å². The molecule has 0 atom stereocenters. The van der Waals surface area contributed by atoms with Crippen LogP contribution in [0.4, 0.5) is 5.69 Å². The Kier molecular flexibility index (Phi) is 4.44. The highest BCUT2D eigenvalue weighted by atomic mass is 16.2. The lowest BCUT2D eigenvalue weighted by Gasteiger charge is -2.36. The fourth-order valence-electron chi connectivity index (χ4n) is 3.20. The smallest absolute Gasteiger partial charge is 0.253 e. The fourth-order valence-corrected chi connectivity index (χ4v) is 3.20. The molecule has 0 aromatic heterocycles. The molecule has 3 rings (SSSR count). The predicted octanol–water partition coefficient (Wildman–Crippen LogP) is 3.18. The molecule has 1 aliphatic carbocycles. The number of hydrogen-bond acceptors (Lipinski definition) is 2. The van der Waals surface area contributed by atoms with Crippen LogP contribution in [-0.2, 0) is 0 Å². The Morgan fingerprint density at radius 2 is 1.86 bits per heavy atom. The van der Waals surface area contributed by atoms with E-state index in [1.807, 2.05) is 11.9 Å². The van der Waals surface area contributed by atoms with Crippen molar-refractivity contribution in [3.05, 3.63) is 41.2 Å². The molecule has 1 heterocycles. The van der Waals surface area contributed by atoms with Gasteiger partial charge in [0.05, 0.1) is 6.57 Å². The van der Waals surface area contributed by atoms with Gasteiger partial charge in [-0.2, -0.15) is 0 Å². The van der Waals surface area contributed by atoms with Gasteiger partial charge in [-0.05, 0) is 31.6 Å². The Morgan fingerprint density at radius 3 is 2.41 bits per heavy atom. The molecule has 0 N–H and O–H groups in total. The number of benzene rings is 1. The van der Waals surface area contributed by atoms with E-state index >= 15 is 0 Å². The molecule has 1 aliphatic heterocycles. The minimum absolute atomic E-state index is 0.0668. The molecule has 22 heavy (non-hydrogen) atoms. The minimum atomic E-state index is 0.0668. The molecule has 116 valence electrons. The van der Waals surface area contributed by atoms with Crippen molar-refractivity contribution < 1.29 is 4.79 Å². The van der Waals surface area contributed by atoms with Crippen molar-refractivity contribution in [2.45, 2.75) is 31.7 Å². The van der Waals surface area contributed by atoms with Crippen molar-refractivity contribution in [2.24, 2.45) is 5.92 Å². The Bertz CT molecular complexity index is 563. The van der Waals surface area contributed by atoms with Gasteiger partial charge in [0, 0.05) is 38.3 Å². The van der Waals surface area contributed by atoms with E-state index in [4.69, 9.17) is 6.57 Å². The number of likely N-dealkylation sites (tertiary alicyclic amines) is 1. The van der Waals surface area contributed by atoms with E-state index < -0.39 is 0 Å². The first-order chi connectivity index (χ1) is 10.7. The van der Waals surface area contributed by atoms with Crippen LogP contribution in [0.15, 0.2) is 24.3 Å². The predicted molar refractivity (Wildman–Crippen MR) is 87.0 cm³/mol. The summed E-state index contributed by atoms with van der Waals surface area (Å²) < 4.78 is 0. The van der Waals surface area contributed by atoms with Crippen molar-refractivity contribution in [1.82, 2.24) is 9.80 Å². The standard InChI is InChI=1S/C18H23N3O/c1-19-16-7-5-15(6-8-16)18(22)20(2)17-9-11-21(12-10-17)13-14-3-4-14/h5-8,14,17H,3-4,9-13H2,2H3. The van der Waals surface area contributed by atoms with Crippen LogP contribution >= 0.6 is 0 Å². The van der Waals surface area contributed by atoms with Gasteiger partial charge in [0.25, 0.3) is 5.91 Å². The van der Waals surface area contributed by atoms with E-state index in [1.165, 1.54) is 19.4 Å². The van der Waals surface area contributed by atoms with E-state index in [2.05, 4.69) is 9.74 Å². The molecule has 2 fully saturated rings. The van der Waals surface area contributed by atoms with E-state index in [0.29, 0.717) is 17.3 Å². The number of carbonyl (C=O) groups excluding carboxylic acids is 1. The van der Waals surface area contributed by atoms with Gasteiger partial charge in [0.15, 0.2) is 5.69 Å². The zero-order valence-electron chi connectivity index (χ0n) is 13.2. The highest BCUT2D eigenvalue weighted by Gasteiger charge is 2.29. The summed E-state index contributed by atoms with van der Waals surface area (Å²) in [5, 5.41) is 0. The summed E-state index contributed by atoms with van der Waals surface area (Å²) in [6.07, 6.45) is 4.93. The van der Waals surface area contributed by atoms with Crippen LogP contribution in [-0.4, -0.2) is 48.4 Å². The number of nitrogens with zero attached hydrogens (tertiary/aromatic N) is 3. The molecular formula is C18H23N3O. The van der Waals surface area contributed by atoms with Crippen molar-refractivity contribution in [3.63, 3.8) is 0 Å². The second-order valence-electron chi connectivity index (χ2n) is 6.55. The summed E-state index contributed by atoms with van der Waals surface area (Å²) in [6, 6.07) is 7.28. The fraction of sp³-hybridized carbons (Fsp3) is 0.556. The summed E-state index contributed by atoms with van der Waals surface area (Å²) >= 11 is 0. The monoisotopic (exact) mass is 297 g/mol. The van der Waals surface area contributed by atoms with Crippen LogP contribution in [0.25, 0.3) is 4.85 Å². The molecule has 0 spiro atoms. The average molecular weight is 297 g/mol. The zero-order valence-corrected chi connectivity index (χ0v) is 13.2. The Balaban J connectivity index is 1.55. The normalized spacial score (nSPS) is 19.6. The summed E-state index contributed by atoms with van der Waals surface area (Å²) in [5.74, 6) is 1.01. The maximum Gasteiger partial charge on any atom is 0.253 e. The van der Waals surface area contributed by atoms with Gasteiger partial charge in [-0.25, -0.2) is 4.85 Å². The number of rotatable bonds is 4. The lowest BCUT2D eigenvalue weighted by Crippen LogP contribution is -2.46. The molecule has 4 heteroatoms. The third-order valence-electron chi connectivity index (χ3n) is 4.88. The minimum Gasteiger partial charge on any atom is -0.339 e. The van der Waals surface area contributed by atoms with Crippen LogP contribution in [0.2, 0.25) is 0 Å². The van der Waals surface area contributed by atoms with Crippen LogP contribution < -0.4 is 0 Å². The Hall–Kier alpha value is -1.86. The van der Waals surface area contributed by atoms with E-state index in [0.717, 1.165) is 31.8 Å². The molecule has 4 nitrogen and oxygen atoms in total. The number of piperidine rings is 1. The van der Waals surface area contributed by atoms with Crippen molar-refractivity contribution in [1.29, 1.82) is 0 Å². The summed E-state index contributed by atoms with van der Waals surface area (Å²) in [4.78, 5) is 20.4. The topological polar surface area (TPSA) is 27.9 Å². The van der Waals surface area contributed by atoms with Gasteiger partial charge >= 0.3 is 0 Å². The Morgan fingerprint density at radius 1 is 1.23 bits per heavy atom. The lowest BCUT2D eigenvalue weighted by atomic mass is 10.0. The summed E-state index contributed by atoms with van der Waals surface area (Å²) in [6.45, 7) is 10.4. The van der Waals surface area contributed by atoms with Crippen LogP contribution in [0.5, 0.6) is 0 Å². The van der Waals surface area contributed by atoms with Gasteiger partial charge in [0.2, 0.25) is 0 Å². The molecule has 0 bridgehead atoms.